The molecular weight excluding hydrogens is 452 g/mol. The molecule has 36 heavy (non-hydrogen) atoms. The second-order valence-corrected chi connectivity index (χ2v) is 10.0. The summed E-state index contributed by atoms with van der Waals surface area (Å²) in [5.74, 6) is 1.31. The third-order valence-electron chi connectivity index (χ3n) is 6.95. The molecule has 1 aliphatic rings. The number of benzene rings is 1. The van der Waals surface area contributed by atoms with Crippen LogP contribution in [0.4, 0.5) is 5.95 Å². The Hall–Kier alpha value is -2.52. The maximum Gasteiger partial charge on any atom is 0.206 e. The molecule has 0 aliphatic carbocycles. The van der Waals surface area contributed by atoms with Crippen LogP contribution in [0.3, 0.4) is 0 Å². The highest BCUT2D eigenvalue weighted by molar-refractivity contribution is 5.79. The number of aromatic nitrogens is 3. The molecule has 3 N–H and O–H groups in total. The molecule has 0 spiro atoms. The lowest BCUT2D eigenvalue weighted by Crippen LogP contribution is -2.46. The maximum absolute atomic E-state index is 6.42. The molecule has 8 nitrogen and oxygen atoms in total. The van der Waals surface area contributed by atoms with E-state index in [2.05, 4.69) is 34.7 Å². The van der Waals surface area contributed by atoms with Crippen LogP contribution >= 0.6 is 0 Å². The van der Waals surface area contributed by atoms with E-state index in [-0.39, 0.29) is 6.04 Å². The molecule has 0 amide bonds. The van der Waals surface area contributed by atoms with E-state index in [9.17, 15) is 0 Å². The van der Waals surface area contributed by atoms with Crippen LogP contribution in [0.1, 0.15) is 51.2 Å². The summed E-state index contributed by atoms with van der Waals surface area (Å²) in [6.45, 7) is 13.1. The molecule has 0 bridgehead atoms. The number of imidazole rings is 1. The number of fused-ring (bicyclic) bond motifs is 1. The van der Waals surface area contributed by atoms with Crippen molar-refractivity contribution in [3.05, 3.63) is 53.9 Å². The number of nitrogens with zero attached hydrogens (tertiary/aromatic N) is 4. The number of rotatable bonds is 12. The van der Waals surface area contributed by atoms with Gasteiger partial charge in [0.25, 0.3) is 0 Å². The molecule has 3 aromatic rings. The molecule has 4 rings (SSSR count). The SMILES string of the molecule is CCOCCOC(c1cccc(C)n1)n1c(NC2CCN(CC(N)C(C)C)CC2)nc2ccccc21. The van der Waals surface area contributed by atoms with E-state index in [0.29, 0.717) is 31.8 Å². The van der Waals surface area contributed by atoms with Crippen LogP contribution in [0.25, 0.3) is 11.0 Å². The van der Waals surface area contributed by atoms with Crippen LogP contribution in [-0.2, 0) is 9.47 Å². The maximum atomic E-state index is 6.42. The average Bonchev–Trinajstić information content (AvgIpc) is 3.22. The minimum absolute atomic E-state index is 0.218. The molecule has 1 fully saturated rings. The zero-order valence-corrected chi connectivity index (χ0v) is 22.2. The van der Waals surface area contributed by atoms with E-state index < -0.39 is 6.23 Å². The monoisotopic (exact) mass is 494 g/mol. The van der Waals surface area contributed by atoms with Crippen molar-refractivity contribution in [1.82, 2.24) is 19.4 Å². The normalized spacial score (nSPS) is 17.1. The number of nitrogens with two attached hydrogens (primary N) is 1. The third kappa shape index (κ3) is 6.62. The van der Waals surface area contributed by atoms with Crippen LogP contribution < -0.4 is 11.1 Å². The van der Waals surface area contributed by atoms with Crippen LogP contribution in [0.5, 0.6) is 0 Å². The van der Waals surface area contributed by atoms with Crippen molar-refractivity contribution in [1.29, 1.82) is 0 Å². The van der Waals surface area contributed by atoms with Crippen molar-refractivity contribution in [3.8, 4) is 0 Å². The summed E-state index contributed by atoms with van der Waals surface area (Å²) in [5.41, 5.74) is 10.1. The zero-order valence-electron chi connectivity index (χ0n) is 22.2. The Labute approximate surface area is 215 Å². The topological polar surface area (TPSA) is 90.5 Å². The summed E-state index contributed by atoms with van der Waals surface area (Å²) in [4.78, 5) is 12.3. The highest BCUT2D eigenvalue weighted by Crippen LogP contribution is 2.30. The van der Waals surface area contributed by atoms with E-state index in [1.165, 1.54) is 0 Å². The van der Waals surface area contributed by atoms with Crippen molar-refractivity contribution >= 4 is 17.0 Å². The predicted octanol–water partition coefficient (Wildman–Crippen LogP) is 4.20. The van der Waals surface area contributed by atoms with Crippen molar-refractivity contribution in [3.63, 3.8) is 0 Å². The van der Waals surface area contributed by atoms with Gasteiger partial charge in [0.1, 0.15) is 0 Å². The van der Waals surface area contributed by atoms with Gasteiger partial charge in [-0.3, -0.25) is 9.55 Å². The van der Waals surface area contributed by atoms with Crippen molar-refractivity contribution in [2.24, 2.45) is 11.7 Å². The van der Waals surface area contributed by atoms with E-state index in [1.54, 1.807) is 0 Å². The van der Waals surface area contributed by atoms with Crippen LogP contribution in [0.15, 0.2) is 42.5 Å². The highest BCUT2D eigenvalue weighted by Gasteiger charge is 2.27. The Morgan fingerprint density at radius 2 is 1.83 bits per heavy atom. The molecule has 2 unspecified atom stereocenters. The average molecular weight is 495 g/mol. The fraction of sp³-hybridized carbons (Fsp3) is 0.571. The molecular formula is C28H42N6O2. The first-order valence-electron chi connectivity index (χ1n) is 13.3. The lowest BCUT2D eigenvalue weighted by Gasteiger charge is -2.35. The number of likely N-dealkylation sites (tertiary alicyclic amines) is 1. The van der Waals surface area contributed by atoms with Gasteiger partial charge in [0.15, 0.2) is 6.23 Å². The fourth-order valence-electron chi connectivity index (χ4n) is 4.69. The van der Waals surface area contributed by atoms with Gasteiger partial charge in [0, 0.05) is 44.0 Å². The van der Waals surface area contributed by atoms with Crippen molar-refractivity contribution in [2.75, 3.05) is 44.8 Å². The summed E-state index contributed by atoms with van der Waals surface area (Å²) < 4.78 is 14.1. The zero-order chi connectivity index (χ0) is 25.5. The van der Waals surface area contributed by atoms with Gasteiger partial charge in [-0.1, -0.05) is 32.0 Å². The minimum Gasteiger partial charge on any atom is -0.379 e. The quantitative estimate of drug-likeness (QED) is 0.365. The van der Waals surface area contributed by atoms with Crippen molar-refractivity contribution < 1.29 is 9.47 Å². The molecule has 1 saturated heterocycles. The molecule has 1 aromatic carbocycles. The fourth-order valence-corrected chi connectivity index (χ4v) is 4.69. The van der Waals surface area contributed by atoms with Gasteiger partial charge < -0.3 is 25.4 Å². The third-order valence-corrected chi connectivity index (χ3v) is 6.95. The smallest absolute Gasteiger partial charge is 0.206 e. The van der Waals surface area contributed by atoms with E-state index in [4.69, 9.17) is 25.2 Å². The van der Waals surface area contributed by atoms with Gasteiger partial charge in [0.05, 0.1) is 29.9 Å². The second kappa shape index (κ2) is 12.6. The first-order chi connectivity index (χ1) is 17.5. The Balaban J connectivity index is 1.58. The van der Waals surface area contributed by atoms with Crippen LogP contribution in [0.2, 0.25) is 0 Å². The number of hydrogen-bond acceptors (Lipinski definition) is 7. The number of nitrogens with one attached hydrogen (secondary N) is 1. The number of para-hydroxylation sites is 2. The standard InChI is InChI=1S/C28H42N6O2/c1-5-35-17-18-36-27(25-11-8-9-21(4)30-25)34-26-12-7-6-10-24(26)32-28(34)31-22-13-15-33(16-14-22)19-23(29)20(2)3/h6-12,20,22-23,27H,5,13-19,29H2,1-4H3,(H,31,32). The number of aryl methyl sites for hydroxylation is 1. The van der Waals surface area contributed by atoms with Crippen LogP contribution in [0, 0.1) is 12.8 Å². The van der Waals surface area contributed by atoms with Gasteiger partial charge in [-0.25, -0.2) is 4.98 Å². The number of piperidine rings is 1. The Morgan fingerprint density at radius 3 is 2.56 bits per heavy atom. The summed E-state index contributed by atoms with van der Waals surface area (Å²) >= 11 is 0. The molecule has 2 aromatic heterocycles. The van der Waals surface area contributed by atoms with E-state index in [0.717, 1.165) is 60.8 Å². The number of ether oxygens (including phenoxy) is 2. The van der Waals surface area contributed by atoms with E-state index in [1.807, 2.05) is 50.2 Å². The lowest BCUT2D eigenvalue weighted by molar-refractivity contribution is -0.00646. The molecule has 8 heteroatoms. The number of anilines is 1. The minimum atomic E-state index is -0.413. The second-order valence-electron chi connectivity index (χ2n) is 10.0. The summed E-state index contributed by atoms with van der Waals surface area (Å²) in [6, 6.07) is 14.8. The molecule has 0 radical (unpaired) electrons. The first-order valence-corrected chi connectivity index (χ1v) is 13.3. The first kappa shape index (κ1) is 26.5. The number of hydrogen-bond donors (Lipinski definition) is 2. The van der Waals surface area contributed by atoms with Gasteiger partial charge in [-0.15, -0.1) is 0 Å². The Bertz CT molecular complexity index is 1090. The Kier molecular flexibility index (Phi) is 9.31. The largest absolute Gasteiger partial charge is 0.379 e. The molecule has 196 valence electrons. The predicted molar refractivity (Wildman–Crippen MR) is 145 cm³/mol. The Morgan fingerprint density at radius 1 is 1.06 bits per heavy atom. The van der Waals surface area contributed by atoms with Crippen LogP contribution in [-0.4, -0.2) is 71.0 Å². The molecule has 3 heterocycles. The summed E-state index contributed by atoms with van der Waals surface area (Å²) in [6.07, 6.45) is 1.68. The summed E-state index contributed by atoms with van der Waals surface area (Å²) in [7, 11) is 0. The van der Waals surface area contributed by atoms with Crippen molar-refractivity contribution in [2.45, 2.75) is 58.8 Å². The molecule has 1 aliphatic heterocycles. The van der Waals surface area contributed by atoms with Gasteiger partial charge in [-0.05, 0) is 56.9 Å². The van der Waals surface area contributed by atoms with Gasteiger partial charge in [0.2, 0.25) is 5.95 Å². The lowest BCUT2D eigenvalue weighted by atomic mass is 10.0. The highest BCUT2D eigenvalue weighted by atomic mass is 16.5. The van der Waals surface area contributed by atoms with Gasteiger partial charge >= 0.3 is 0 Å². The summed E-state index contributed by atoms with van der Waals surface area (Å²) in [5, 5.41) is 3.76. The number of pyridine rings is 1. The van der Waals surface area contributed by atoms with E-state index >= 15 is 0 Å². The van der Waals surface area contributed by atoms with Gasteiger partial charge in [-0.2, -0.15) is 0 Å². The molecule has 2 atom stereocenters. The molecule has 0 saturated carbocycles.